The van der Waals surface area contributed by atoms with Gasteiger partial charge in [-0.2, -0.15) is 0 Å². The van der Waals surface area contributed by atoms with Gasteiger partial charge in [0.25, 0.3) is 5.91 Å². The number of carbonyl (C=O) groups excluding carboxylic acids is 2. The lowest BCUT2D eigenvalue weighted by atomic mass is 9.94. The van der Waals surface area contributed by atoms with Crippen LogP contribution in [0, 0.1) is 0 Å². The zero-order valence-corrected chi connectivity index (χ0v) is 22.5. The largest absolute Gasteiger partial charge is 0.497 e. The van der Waals surface area contributed by atoms with Crippen molar-refractivity contribution in [1.82, 2.24) is 10.2 Å². The molecular formula is C31H35ClN2O4. The Bertz CT molecular complexity index is 1200. The van der Waals surface area contributed by atoms with Crippen LogP contribution in [0.1, 0.15) is 43.2 Å². The summed E-state index contributed by atoms with van der Waals surface area (Å²) in [5.74, 6) is 0.766. The molecule has 0 aromatic heterocycles. The normalized spacial score (nSPS) is 14.4. The van der Waals surface area contributed by atoms with Crippen molar-refractivity contribution in [2.75, 3.05) is 13.7 Å². The van der Waals surface area contributed by atoms with E-state index in [1.807, 2.05) is 54.6 Å². The summed E-state index contributed by atoms with van der Waals surface area (Å²) < 4.78 is 11.2. The van der Waals surface area contributed by atoms with Gasteiger partial charge in [0, 0.05) is 24.0 Å². The van der Waals surface area contributed by atoms with E-state index in [0.717, 1.165) is 36.8 Å². The SMILES string of the molecule is COc1cccc(CN(C(=O)COc2cccc(Cl)c2)[C@@H](Cc2ccccc2)C(=O)NC2CCCCC2)c1. The van der Waals surface area contributed by atoms with Crippen LogP contribution < -0.4 is 14.8 Å². The number of methoxy groups -OCH3 is 1. The van der Waals surface area contributed by atoms with Gasteiger partial charge in [0.1, 0.15) is 17.5 Å². The van der Waals surface area contributed by atoms with E-state index in [0.29, 0.717) is 22.9 Å². The second-order valence-corrected chi connectivity index (χ2v) is 10.1. The summed E-state index contributed by atoms with van der Waals surface area (Å²) in [7, 11) is 1.61. The average Bonchev–Trinajstić information content (AvgIpc) is 2.95. The van der Waals surface area contributed by atoms with E-state index in [2.05, 4.69) is 5.32 Å². The van der Waals surface area contributed by atoms with E-state index >= 15 is 0 Å². The van der Waals surface area contributed by atoms with E-state index in [1.165, 1.54) is 6.42 Å². The van der Waals surface area contributed by atoms with Crippen LogP contribution in [0.2, 0.25) is 5.02 Å². The number of hydrogen-bond donors (Lipinski definition) is 1. The van der Waals surface area contributed by atoms with Crippen molar-refractivity contribution in [3.63, 3.8) is 0 Å². The van der Waals surface area contributed by atoms with Crippen molar-refractivity contribution in [3.05, 3.63) is 95.0 Å². The lowest BCUT2D eigenvalue weighted by Crippen LogP contribution is -2.53. The Morgan fingerprint density at radius 2 is 1.63 bits per heavy atom. The number of hydrogen-bond acceptors (Lipinski definition) is 4. The van der Waals surface area contributed by atoms with E-state index in [1.54, 1.807) is 36.3 Å². The summed E-state index contributed by atoms with van der Waals surface area (Å²) in [6.45, 7) is 0.0246. The number of nitrogens with zero attached hydrogens (tertiary/aromatic N) is 1. The topological polar surface area (TPSA) is 67.9 Å². The van der Waals surface area contributed by atoms with Gasteiger partial charge in [-0.1, -0.05) is 79.4 Å². The fraction of sp³-hybridized carbons (Fsp3) is 0.355. The first-order chi connectivity index (χ1) is 18.5. The van der Waals surface area contributed by atoms with Crippen molar-refractivity contribution in [1.29, 1.82) is 0 Å². The number of carbonyl (C=O) groups is 2. The highest BCUT2D eigenvalue weighted by Gasteiger charge is 2.32. The van der Waals surface area contributed by atoms with Crippen molar-refractivity contribution in [3.8, 4) is 11.5 Å². The van der Waals surface area contributed by atoms with Crippen LogP contribution >= 0.6 is 11.6 Å². The second kappa shape index (κ2) is 13.9. The molecule has 7 heteroatoms. The molecule has 1 fully saturated rings. The summed E-state index contributed by atoms with van der Waals surface area (Å²) in [6.07, 6.45) is 5.73. The first kappa shape index (κ1) is 27.5. The summed E-state index contributed by atoms with van der Waals surface area (Å²) in [6, 6.07) is 23.7. The van der Waals surface area contributed by atoms with Crippen LogP contribution in [0.25, 0.3) is 0 Å². The Hall–Kier alpha value is -3.51. The molecule has 6 nitrogen and oxygen atoms in total. The molecule has 4 rings (SSSR count). The fourth-order valence-corrected chi connectivity index (χ4v) is 5.03. The summed E-state index contributed by atoms with van der Waals surface area (Å²) in [5, 5.41) is 3.77. The number of ether oxygens (including phenoxy) is 2. The van der Waals surface area contributed by atoms with Gasteiger partial charge in [0.2, 0.25) is 5.91 Å². The van der Waals surface area contributed by atoms with E-state index in [9.17, 15) is 9.59 Å². The maximum absolute atomic E-state index is 13.8. The molecule has 0 saturated heterocycles. The standard InChI is InChI=1S/C31H35ClN2O4/c1-37-27-16-8-12-24(18-27)21-34(30(35)22-38-28-17-9-13-25(32)20-28)29(19-23-10-4-2-5-11-23)31(36)33-26-14-6-3-7-15-26/h2,4-5,8-13,16-18,20,26,29H,3,6-7,14-15,19,21-22H2,1H3,(H,33,36)/t29-/m0/s1. The Morgan fingerprint density at radius 3 is 2.37 bits per heavy atom. The molecule has 1 atom stereocenters. The van der Waals surface area contributed by atoms with Gasteiger partial charge in [-0.25, -0.2) is 0 Å². The van der Waals surface area contributed by atoms with Crippen LogP contribution in [0.4, 0.5) is 0 Å². The number of nitrogens with one attached hydrogen (secondary N) is 1. The van der Waals surface area contributed by atoms with Crippen molar-refractivity contribution in [2.24, 2.45) is 0 Å². The maximum atomic E-state index is 13.8. The second-order valence-electron chi connectivity index (χ2n) is 9.67. The number of halogens is 1. The molecule has 0 bridgehead atoms. The highest BCUT2D eigenvalue weighted by Crippen LogP contribution is 2.22. The van der Waals surface area contributed by atoms with Gasteiger partial charge in [-0.3, -0.25) is 9.59 Å². The third-order valence-corrected chi connectivity index (χ3v) is 7.10. The van der Waals surface area contributed by atoms with Gasteiger partial charge in [0.05, 0.1) is 7.11 Å². The van der Waals surface area contributed by atoms with E-state index < -0.39 is 6.04 Å². The highest BCUT2D eigenvalue weighted by molar-refractivity contribution is 6.30. The molecule has 1 saturated carbocycles. The first-order valence-electron chi connectivity index (χ1n) is 13.2. The predicted octanol–water partition coefficient (Wildman–Crippen LogP) is 5.82. The molecule has 0 spiro atoms. The lowest BCUT2D eigenvalue weighted by molar-refractivity contribution is -0.143. The van der Waals surface area contributed by atoms with Gasteiger partial charge >= 0.3 is 0 Å². The quantitative estimate of drug-likeness (QED) is 0.337. The Labute approximate surface area is 229 Å². The first-order valence-corrected chi connectivity index (χ1v) is 13.5. The molecule has 200 valence electrons. The van der Waals surface area contributed by atoms with Crippen LogP contribution in [-0.4, -0.2) is 42.5 Å². The van der Waals surface area contributed by atoms with Gasteiger partial charge in [-0.15, -0.1) is 0 Å². The van der Waals surface area contributed by atoms with Gasteiger partial charge < -0.3 is 19.7 Å². The summed E-state index contributed by atoms with van der Waals surface area (Å²) >= 11 is 6.09. The molecule has 1 N–H and O–H groups in total. The molecule has 0 unspecified atom stereocenters. The van der Waals surface area contributed by atoms with E-state index in [-0.39, 0.29) is 31.0 Å². The van der Waals surface area contributed by atoms with Crippen LogP contribution in [0.15, 0.2) is 78.9 Å². The van der Waals surface area contributed by atoms with Gasteiger partial charge in [-0.05, 0) is 54.3 Å². The van der Waals surface area contributed by atoms with E-state index in [4.69, 9.17) is 21.1 Å². The molecule has 38 heavy (non-hydrogen) atoms. The monoisotopic (exact) mass is 534 g/mol. The summed E-state index contributed by atoms with van der Waals surface area (Å²) in [4.78, 5) is 29.2. The van der Waals surface area contributed by atoms with Crippen LogP contribution in [0.3, 0.4) is 0 Å². The zero-order chi connectivity index (χ0) is 26.7. The molecule has 0 aliphatic heterocycles. The molecule has 0 radical (unpaired) electrons. The fourth-order valence-electron chi connectivity index (χ4n) is 4.85. The molecular weight excluding hydrogens is 500 g/mol. The Morgan fingerprint density at radius 1 is 0.921 bits per heavy atom. The summed E-state index contributed by atoms with van der Waals surface area (Å²) in [5.41, 5.74) is 1.85. The van der Waals surface area contributed by atoms with Crippen LogP contribution in [0.5, 0.6) is 11.5 Å². The minimum atomic E-state index is -0.707. The Kier molecular flexibility index (Phi) is 10.0. The average molecular weight is 535 g/mol. The minimum Gasteiger partial charge on any atom is -0.497 e. The van der Waals surface area contributed by atoms with Crippen LogP contribution in [-0.2, 0) is 22.6 Å². The smallest absolute Gasteiger partial charge is 0.261 e. The number of benzene rings is 3. The molecule has 0 heterocycles. The highest BCUT2D eigenvalue weighted by atomic mass is 35.5. The zero-order valence-electron chi connectivity index (χ0n) is 21.8. The van der Waals surface area contributed by atoms with Crippen molar-refractivity contribution >= 4 is 23.4 Å². The lowest BCUT2D eigenvalue weighted by Gasteiger charge is -2.33. The number of amides is 2. The molecule has 2 amide bonds. The predicted molar refractivity (Wildman–Crippen MR) is 149 cm³/mol. The van der Waals surface area contributed by atoms with Crippen molar-refractivity contribution in [2.45, 2.75) is 57.2 Å². The third kappa shape index (κ3) is 7.99. The van der Waals surface area contributed by atoms with Gasteiger partial charge in [0.15, 0.2) is 6.61 Å². The molecule has 3 aromatic rings. The molecule has 3 aromatic carbocycles. The number of rotatable bonds is 11. The minimum absolute atomic E-state index is 0.131. The Balaban J connectivity index is 1.62. The molecule has 1 aliphatic rings. The maximum Gasteiger partial charge on any atom is 0.261 e. The van der Waals surface area contributed by atoms with Crippen molar-refractivity contribution < 1.29 is 19.1 Å². The third-order valence-electron chi connectivity index (χ3n) is 6.87. The molecule has 1 aliphatic carbocycles.